The molecule has 0 N–H and O–H groups in total. The lowest BCUT2D eigenvalue weighted by molar-refractivity contribution is -0.189. The Kier molecular flexibility index (Phi) is 9.42. The van der Waals surface area contributed by atoms with Crippen LogP contribution < -0.4 is 4.74 Å². The Morgan fingerprint density at radius 1 is 0.696 bits per heavy atom. The highest BCUT2D eigenvalue weighted by molar-refractivity contribution is 5.70. The molecule has 1 heterocycles. The molecule has 0 radical (unpaired) electrons. The molecule has 1 aromatic heterocycles. The third kappa shape index (κ3) is 6.89. The van der Waals surface area contributed by atoms with Crippen molar-refractivity contribution in [2.24, 2.45) is 0 Å². The quantitative estimate of drug-likeness (QED) is 0.113. The van der Waals surface area contributed by atoms with E-state index in [4.69, 9.17) is 5.26 Å². The van der Waals surface area contributed by atoms with Crippen molar-refractivity contribution >= 4 is 0 Å². The van der Waals surface area contributed by atoms with Gasteiger partial charge in [-0.25, -0.2) is 22.0 Å². The van der Waals surface area contributed by atoms with Crippen LogP contribution in [0.25, 0.3) is 33.5 Å². The molecule has 0 amide bonds. The first kappa shape index (κ1) is 32.2. The van der Waals surface area contributed by atoms with Crippen LogP contribution in [0.15, 0.2) is 85.1 Å². The number of unbranched alkanes of at least 4 members (excludes halogenated alkanes) is 2. The minimum Gasteiger partial charge on any atom is -0.429 e. The number of nitrogens with zero attached hydrogens (tertiary/aromatic N) is 2. The number of hydrogen-bond donors (Lipinski definition) is 0. The maximum absolute atomic E-state index is 15.1. The predicted octanol–water partition coefficient (Wildman–Crippen LogP) is 10.5. The number of benzene rings is 4. The molecule has 0 aliphatic carbocycles. The Morgan fingerprint density at radius 3 is 1.93 bits per heavy atom. The maximum Gasteiger partial charge on any atom is 0.432 e. The molecule has 0 bridgehead atoms. The lowest BCUT2D eigenvalue weighted by Crippen LogP contribution is -2.25. The Hall–Kier alpha value is -5.17. The zero-order chi connectivity index (χ0) is 33.0. The lowest BCUT2D eigenvalue weighted by Gasteiger charge is -2.20. The van der Waals surface area contributed by atoms with E-state index in [0.29, 0.717) is 29.5 Å². The number of nitriles is 1. The van der Waals surface area contributed by atoms with Gasteiger partial charge in [0.2, 0.25) is 0 Å². The Bertz CT molecular complexity index is 1910. The maximum atomic E-state index is 15.1. The normalized spacial score (nSPS) is 11.4. The van der Waals surface area contributed by atoms with Gasteiger partial charge in [-0.2, -0.15) is 14.0 Å². The summed E-state index contributed by atoms with van der Waals surface area (Å²) in [5, 5.41) is 8.85. The van der Waals surface area contributed by atoms with Crippen molar-refractivity contribution in [1.82, 2.24) is 4.98 Å². The van der Waals surface area contributed by atoms with Crippen molar-refractivity contribution in [3.8, 4) is 45.3 Å². The number of hydrogen-bond acceptors (Lipinski definition) is 3. The van der Waals surface area contributed by atoms with Gasteiger partial charge in [0.15, 0.2) is 0 Å². The third-order valence-electron chi connectivity index (χ3n) is 7.39. The minimum absolute atomic E-state index is 0.0206. The highest BCUT2D eigenvalue weighted by Crippen LogP contribution is 2.39. The van der Waals surface area contributed by atoms with E-state index in [9.17, 15) is 8.78 Å². The highest BCUT2D eigenvalue weighted by Gasteiger charge is 2.41. The van der Waals surface area contributed by atoms with E-state index in [1.54, 1.807) is 18.3 Å². The Labute approximate surface area is 260 Å². The van der Waals surface area contributed by atoms with E-state index < -0.39 is 46.5 Å². The van der Waals surface area contributed by atoms with Gasteiger partial charge in [-0.15, -0.1) is 0 Å². The molecule has 0 spiro atoms. The Morgan fingerprint density at radius 2 is 1.33 bits per heavy atom. The number of rotatable bonds is 10. The fourth-order valence-electron chi connectivity index (χ4n) is 5.00. The van der Waals surface area contributed by atoms with Crippen molar-refractivity contribution in [1.29, 1.82) is 5.26 Å². The molecule has 0 saturated heterocycles. The summed E-state index contributed by atoms with van der Waals surface area (Å²) in [5.41, 5.74) is -0.804. The summed E-state index contributed by atoms with van der Waals surface area (Å²) >= 11 is 0. The van der Waals surface area contributed by atoms with Gasteiger partial charge in [0.25, 0.3) is 0 Å². The molecule has 5 aromatic rings. The largest absolute Gasteiger partial charge is 0.432 e. The van der Waals surface area contributed by atoms with Crippen LogP contribution in [0.5, 0.6) is 5.75 Å². The van der Waals surface area contributed by atoms with Gasteiger partial charge in [-0.1, -0.05) is 44.0 Å². The predicted molar refractivity (Wildman–Crippen MR) is 159 cm³/mol. The first-order chi connectivity index (χ1) is 22.0. The molecule has 0 aliphatic heterocycles. The van der Waals surface area contributed by atoms with Gasteiger partial charge in [0, 0.05) is 29.0 Å². The molecule has 5 rings (SSSR count). The molecule has 0 fully saturated rings. The average Bonchev–Trinajstić information content (AvgIpc) is 3.01. The van der Waals surface area contributed by atoms with Crippen molar-refractivity contribution in [2.75, 3.05) is 0 Å². The molecule has 0 aliphatic rings. The number of aryl methyl sites for hydroxylation is 1. The van der Waals surface area contributed by atoms with Gasteiger partial charge < -0.3 is 4.74 Å². The topological polar surface area (TPSA) is 45.9 Å². The van der Waals surface area contributed by atoms with Crippen LogP contribution in [-0.4, -0.2) is 4.98 Å². The fraction of sp³-hybridized carbons (Fsp3) is 0.167. The van der Waals surface area contributed by atoms with Crippen LogP contribution in [0.4, 0.5) is 30.7 Å². The molecule has 0 saturated carbocycles. The highest BCUT2D eigenvalue weighted by atomic mass is 19.3. The van der Waals surface area contributed by atoms with Crippen molar-refractivity contribution in [3.63, 3.8) is 0 Å². The standard InChI is InChI=1S/C36H25F7N2O/c1-2-3-4-5-21-6-13-34(45-20-21)23-9-11-28(30(38)15-23)25-16-32(40)35(33(41)17-25)36(42,43)46-26-10-12-27(31(39)18-26)22-7-8-24(19-44)29(37)14-22/h6-18,20H,2-5H2,1H3. The van der Waals surface area contributed by atoms with Gasteiger partial charge >= 0.3 is 6.11 Å². The van der Waals surface area contributed by atoms with Crippen LogP contribution in [0, 0.1) is 40.4 Å². The Balaban J connectivity index is 1.35. The molecule has 3 nitrogen and oxygen atoms in total. The second-order valence-electron chi connectivity index (χ2n) is 10.6. The van der Waals surface area contributed by atoms with E-state index in [0.717, 1.165) is 61.6 Å². The monoisotopic (exact) mass is 634 g/mol. The zero-order valence-electron chi connectivity index (χ0n) is 24.4. The van der Waals surface area contributed by atoms with Crippen LogP contribution in [0.3, 0.4) is 0 Å². The van der Waals surface area contributed by atoms with Gasteiger partial charge in [0.05, 0.1) is 11.3 Å². The van der Waals surface area contributed by atoms with E-state index in [1.807, 2.05) is 6.07 Å². The summed E-state index contributed by atoms with van der Waals surface area (Å²) in [7, 11) is 0. The number of halogens is 7. The third-order valence-corrected chi connectivity index (χ3v) is 7.39. The number of pyridine rings is 1. The average molecular weight is 635 g/mol. The molecule has 46 heavy (non-hydrogen) atoms. The van der Waals surface area contributed by atoms with E-state index in [1.165, 1.54) is 18.2 Å². The summed E-state index contributed by atoms with van der Waals surface area (Å²) in [5.74, 6) is -7.05. The van der Waals surface area contributed by atoms with Crippen LogP contribution in [0.2, 0.25) is 0 Å². The zero-order valence-corrected chi connectivity index (χ0v) is 24.4. The van der Waals surface area contributed by atoms with Crippen LogP contribution in [0.1, 0.15) is 42.9 Å². The summed E-state index contributed by atoms with van der Waals surface area (Å²) in [4.78, 5) is 4.37. The number of alkyl halides is 2. The smallest absolute Gasteiger partial charge is 0.429 e. The summed E-state index contributed by atoms with van der Waals surface area (Å²) in [6.45, 7) is 2.11. The number of ether oxygens (including phenoxy) is 1. The molecule has 4 aromatic carbocycles. The van der Waals surface area contributed by atoms with Crippen molar-refractivity contribution < 1.29 is 35.5 Å². The molecular weight excluding hydrogens is 609 g/mol. The molecule has 0 atom stereocenters. The number of aromatic nitrogens is 1. The second-order valence-corrected chi connectivity index (χ2v) is 10.6. The summed E-state index contributed by atoms with van der Waals surface area (Å²) in [6.07, 6.45) is 1.20. The van der Waals surface area contributed by atoms with Gasteiger partial charge in [-0.3, -0.25) is 4.98 Å². The first-order valence-electron chi connectivity index (χ1n) is 14.3. The lowest BCUT2D eigenvalue weighted by atomic mass is 9.99. The first-order valence-corrected chi connectivity index (χ1v) is 14.3. The molecule has 0 unspecified atom stereocenters. The fourth-order valence-corrected chi connectivity index (χ4v) is 5.00. The van der Waals surface area contributed by atoms with Crippen molar-refractivity contribution in [2.45, 2.75) is 38.7 Å². The second kappa shape index (κ2) is 13.4. The van der Waals surface area contributed by atoms with Crippen LogP contribution >= 0.6 is 0 Å². The summed E-state index contributed by atoms with van der Waals surface area (Å²) in [6, 6.07) is 16.1. The van der Waals surface area contributed by atoms with E-state index >= 15 is 22.0 Å². The molecule has 10 heteroatoms. The minimum atomic E-state index is -4.60. The van der Waals surface area contributed by atoms with Gasteiger partial charge in [0.1, 0.15) is 46.5 Å². The van der Waals surface area contributed by atoms with Gasteiger partial charge in [-0.05, 0) is 78.1 Å². The molecule has 234 valence electrons. The van der Waals surface area contributed by atoms with E-state index in [-0.39, 0.29) is 27.8 Å². The molecular formula is C36H25F7N2O. The summed E-state index contributed by atoms with van der Waals surface area (Å²) < 4.78 is 108. The van der Waals surface area contributed by atoms with Crippen molar-refractivity contribution in [3.05, 3.63) is 131 Å². The SMILES string of the molecule is CCCCCc1ccc(-c2ccc(-c3cc(F)c(C(F)(F)Oc4ccc(-c5ccc(C#N)c(F)c5)c(F)c4)c(F)c3)c(F)c2)nc1. The van der Waals surface area contributed by atoms with E-state index in [2.05, 4.69) is 16.6 Å². The van der Waals surface area contributed by atoms with Crippen LogP contribution in [-0.2, 0) is 12.5 Å².